The molecule has 2 nitrogen and oxygen atoms in total. The molecule has 0 saturated carbocycles. The van der Waals surface area contributed by atoms with Crippen LogP contribution in [0.2, 0.25) is 0 Å². The quantitative estimate of drug-likeness (QED) is 0.630. The Balaban J connectivity index is 2.91. The Hall–Kier alpha value is -0.740. The van der Waals surface area contributed by atoms with Crippen LogP contribution in [0.4, 0.5) is 0 Å². The van der Waals surface area contributed by atoms with Gasteiger partial charge in [-0.15, -0.1) is 0 Å². The zero-order chi connectivity index (χ0) is 7.68. The Morgan fingerprint density at radius 2 is 2.27 bits per heavy atom. The highest BCUT2D eigenvalue weighted by Crippen LogP contribution is 2.17. The highest BCUT2D eigenvalue weighted by atomic mass is 32.2. The number of hydrogen-bond donors (Lipinski definition) is 2. The van der Waals surface area contributed by atoms with E-state index in [1.54, 1.807) is 11.5 Å². The maximum Gasteiger partial charge on any atom is 0.0707 e. The van der Waals surface area contributed by atoms with Crippen LogP contribution >= 0.6 is 23.3 Å². The fraction of sp³-hybridized carbons (Fsp3) is 0.143. The number of benzene rings is 1. The molecule has 1 aromatic carbocycles. The first-order chi connectivity index (χ1) is 5.38. The summed E-state index contributed by atoms with van der Waals surface area (Å²) in [4.78, 5) is 0. The predicted octanol–water partition coefficient (Wildman–Crippen LogP) is 3.05. The van der Waals surface area contributed by atoms with Gasteiger partial charge in [-0.1, -0.05) is 12.1 Å². The van der Waals surface area contributed by atoms with Crippen LogP contribution in [-0.2, 0) is 0 Å². The largest absolute Gasteiger partial charge is 0.295 e. The number of para-hydroxylation sites is 1. The lowest BCUT2D eigenvalue weighted by Gasteiger charge is -1.97. The normalized spacial score (nSPS) is 10.3. The summed E-state index contributed by atoms with van der Waals surface area (Å²) in [5, 5.41) is 0. The molecule has 0 unspecified atom stereocenters. The smallest absolute Gasteiger partial charge is 0.0707 e. The van der Waals surface area contributed by atoms with Crippen LogP contribution in [0.15, 0.2) is 18.2 Å². The summed E-state index contributed by atoms with van der Waals surface area (Å²) in [6.07, 6.45) is 0. The Kier molecular flexibility index (Phi) is 1.71. The molecule has 0 aliphatic heterocycles. The van der Waals surface area contributed by atoms with Crippen molar-refractivity contribution >= 4 is 33.5 Å². The topological polar surface area (TPSA) is 31.6 Å². The molecule has 0 bridgehead atoms. The first kappa shape index (κ1) is 6.94. The second kappa shape index (κ2) is 2.71. The molecule has 2 N–H and O–H groups in total. The summed E-state index contributed by atoms with van der Waals surface area (Å²) in [6, 6.07) is 6.28. The molecule has 0 aliphatic rings. The van der Waals surface area contributed by atoms with Crippen LogP contribution in [-0.4, -0.2) is 8.14 Å². The maximum atomic E-state index is 3.22. The molecule has 0 saturated heterocycles. The van der Waals surface area contributed by atoms with E-state index in [9.17, 15) is 0 Å². The number of hydrogen-bond acceptors (Lipinski definition) is 2. The predicted molar refractivity (Wildman–Crippen MR) is 50.8 cm³/mol. The van der Waals surface area contributed by atoms with Gasteiger partial charge in [-0.3, -0.25) is 8.14 Å². The molecule has 0 amide bonds. The van der Waals surface area contributed by atoms with Crippen molar-refractivity contribution in [3.05, 3.63) is 23.8 Å². The van der Waals surface area contributed by atoms with Gasteiger partial charge in [0.15, 0.2) is 0 Å². The lowest BCUT2D eigenvalue weighted by molar-refractivity contribution is 1.48. The van der Waals surface area contributed by atoms with E-state index in [1.807, 2.05) is 0 Å². The summed E-state index contributed by atoms with van der Waals surface area (Å²) in [7, 11) is 0. The van der Waals surface area contributed by atoms with Gasteiger partial charge in [0.2, 0.25) is 0 Å². The van der Waals surface area contributed by atoms with Gasteiger partial charge >= 0.3 is 0 Å². The third kappa shape index (κ3) is 1.19. The molecule has 0 atom stereocenters. The molecular formula is C7H8N2S2. The highest BCUT2D eigenvalue weighted by Gasteiger charge is 1.94. The molecule has 0 aliphatic carbocycles. The van der Waals surface area contributed by atoms with Gasteiger partial charge in [-0.25, -0.2) is 0 Å². The van der Waals surface area contributed by atoms with Crippen LogP contribution in [0.25, 0.3) is 10.2 Å². The molecule has 58 valence electrons. The standard InChI is InChI=1S/C7H8N2S2/c1-5-3-2-4-6-7(5)8-11-9-10-6/h2-4,8-9H,1H3. The molecule has 4 heteroatoms. The lowest BCUT2D eigenvalue weighted by Crippen LogP contribution is -1.77. The average Bonchev–Trinajstić information content (AvgIpc) is 2.06. The van der Waals surface area contributed by atoms with Crippen LogP contribution in [0.5, 0.6) is 0 Å². The summed E-state index contributed by atoms with van der Waals surface area (Å²) >= 11 is 3.17. The van der Waals surface area contributed by atoms with Crippen molar-refractivity contribution < 1.29 is 0 Å². The molecule has 11 heavy (non-hydrogen) atoms. The van der Waals surface area contributed by atoms with E-state index in [0.717, 1.165) is 0 Å². The third-order valence-electron chi connectivity index (χ3n) is 1.58. The van der Waals surface area contributed by atoms with Gasteiger partial charge in [0.25, 0.3) is 0 Å². The Morgan fingerprint density at radius 1 is 1.36 bits per heavy atom. The van der Waals surface area contributed by atoms with Crippen LogP contribution < -0.4 is 0 Å². The van der Waals surface area contributed by atoms with Gasteiger partial charge in [0.1, 0.15) is 0 Å². The number of aromatic amines is 2. The van der Waals surface area contributed by atoms with E-state index in [-0.39, 0.29) is 0 Å². The van der Waals surface area contributed by atoms with Gasteiger partial charge < -0.3 is 0 Å². The SMILES string of the molecule is Cc1cccc2s[nH]s[nH]c12. The van der Waals surface area contributed by atoms with Gasteiger partial charge in [-0.2, -0.15) is 0 Å². The number of fused-ring (bicyclic) bond motifs is 1. The van der Waals surface area contributed by atoms with Crippen molar-refractivity contribution in [2.24, 2.45) is 0 Å². The van der Waals surface area contributed by atoms with E-state index in [0.29, 0.717) is 0 Å². The Bertz CT molecular complexity index is 384. The summed E-state index contributed by atoms with van der Waals surface area (Å²) < 4.78 is 7.57. The summed E-state index contributed by atoms with van der Waals surface area (Å²) in [6.45, 7) is 2.11. The molecule has 1 heterocycles. The minimum atomic E-state index is 1.24. The van der Waals surface area contributed by atoms with E-state index in [2.05, 4.69) is 33.3 Å². The minimum Gasteiger partial charge on any atom is -0.295 e. The fourth-order valence-corrected chi connectivity index (χ4v) is 2.59. The highest BCUT2D eigenvalue weighted by molar-refractivity contribution is 7.20. The average molecular weight is 184 g/mol. The van der Waals surface area contributed by atoms with Crippen LogP contribution in [0.3, 0.4) is 0 Å². The van der Waals surface area contributed by atoms with E-state index in [1.165, 1.54) is 27.5 Å². The number of rotatable bonds is 0. The summed E-state index contributed by atoms with van der Waals surface area (Å²) in [5.74, 6) is 0. The van der Waals surface area contributed by atoms with Crippen molar-refractivity contribution in [1.82, 2.24) is 8.14 Å². The Morgan fingerprint density at radius 3 is 3.09 bits per heavy atom. The zero-order valence-corrected chi connectivity index (χ0v) is 7.68. The van der Waals surface area contributed by atoms with Crippen molar-refractivity contribution in [3.8, 4) is 0 Å². The first-order valence-electron chi connectivity index (χ1n) is 3.31. The molecular weight excluding hydrogens is 176 g/mol. The van der Waals surface area contributed by atoms with E-state index in [4.69, 9.17) is 0 Å². The van der Waals surface area contributed by atoms with Crippen LogP contribution in [0, 0.1) is 6.92 Å². The maximum absolute atomic E-state index is 3.22. The number of H-pyrrole nitrogens is 2. The number of nitrogens with one attached hydrogen (secondary N) is 2. The molecule has 2 rings (SSSR count). The zero-order valence-electron chi connectivity index (χ0n) is 6.05. The van der Waals surface area contributed by atoms with Crippen molar-refractivity contribution in [1.29, 1.82) is 0 Å². The van der Waals surface area contributed by atoms with Crippen molar-refractivity contribution in [2.75, 3.05) is 0 Å². The van der Waals surface area contributed by atoms with Crippen molar-refractivity contribution in [3.63, 3.8) is 0 Å². The van der Waals surface area contributed by atoms with Gasteiger partial charge in [0, 0.05) is 11.7 Å². The molecule has 2 aromatic rings. The molecule has 0 radical (unpaired) electrons. The fourth-order valence-electron chi connectivity index (χ4n) is 0.994. The van der Waals surface area contributed by atoms with E-state index >= 15 is 0 Å². The minimum absolute atomic E-state index is 1.24. The second-order valence-corrected chi connectivity index (χ2v) is 4.06. The molecule has 1 aromatic heterocycles. The monoisotopic (exact) mass is 184 g/mol. The Labute approximate surface area is 72.6 Å². The van der Waals surface area contributed by atoms with Crippen LogP contribution in [0.1, 0.15) is 5.56 Å². The van der Waals surface area contributed by atoms with Crippen molar-refractivity contribution in [2.45, 2.75) is 6.92 Å². The lowest BCUT2D eigenvalue weighted by atomic mass is 10.2. The molecule has 0 spiro atoms. The second-order valence-electron chi connectivity index (χ2n) is 2.34. The summed E-state index contributed by atoms with van der Waals surface area (Å²) in [5.41, 5.74) is 2.53. The van der Waals surface area contributed by atoms with Gasteiger partial charge in [-0.05, 0) is 30.1 Å². The van der Waals surface area contributed by atoms with E-state index < -0.39 is 0 Å². The number of aromatic nitrogens is 2. The number of aryl methyl sites for hydroxylation is 1. The third-order valence-corrected chi connectivity index (χ3v) is 3.11. The molecule has 0 fully saturated rings. The van der Waals surface area contributed by atoms with Gasteiger partial charge in [0.05, 0.1) is 10.2 Å². The first-order valence-corrected chi connectivity index (χ1v) is 4.94.